The Kier molecular flexibility index (Phi) is 3.81. The van der Waals surface area contributed by atoms with Crippen molar-refractivity contribution in [3.8, 4) is 6.07 Å². The van der Waals surface area contributed by atoms with Gasteiger partial charge in [0, 0.05) is 0 Å². The lowest BCUT2D eigenvalue weighted by Gasteiger charge is -2.03. The molecule has 0 spiro atoms. The normalized spacial score (nSPS) is 10.7. The first kappa shape index (κ1) is 13.8. The van der Waals surface area contributed by atoms with E-state index in [-0.39, 0.29) is 5.56 Å². The molecule has 0 fully saturated rings. The van der Waals surface area contributed by atoms with Gasteiger partial charge in [0.2, 0.25) is 0 Å². The van der Waals surface area contributed by atoms with Gasteiger partial charge < -0.3 is 0 Å². The molecule has 0 saturated heterocycles. The van der Waals surface area contributed by atoms with Gasteiger partial charge in [0.05, 0.1) is 5.69 Å². The summed E-state index contributed by atoms with van der Waals surface area (Å²) in [5.41, 5.74) is 4.29. The van der Waals surface area contributed by atoms with E-state index < -0.39 is 5.56 Å². The SMILES string of the molecule is Cc1ccc(C)c(/C=C/c2n[nH]c(=O)c(C#N)c2C)c1. The first-order valence-electron chi connectivity index (χ1n) is 6.27. The molecule has 4 heteroatoms. The van der Waals surface area contributed by atoms with Crippen molar-refractivity contribution in [2.75, 3.05) is 0 Å². The van der Waals surface area contributed by atoms with Crippen LogP contribution < -0.4 is 5.56 Å². The van der Waals surface area contributed by atoms with Crippen LogP contribution in [-0.2, 0) is 0 Å². The molecule has 0 atom stereocenters. The molecule has 0 radical (unpaired) electrons. The third kappa shape index (κ3) is 2.67. The van der Waals surface area contributed by atoms with Gasteiger partial charge in [-0.2, -0.15) is 10.4 Å². The van der Waals surface area contributed by atoms with E-state index in [1.165, 1.54) is 5.56 Å². The average molecular weight is 265 g/mol. The zero-order valence-corrected chi connectivity index (χ0v) is 11.7. The molecule has 0 aliphatic heterocycles. The van der Waals surface area contributed by atoms with Crippen molar-refractivity contribution in [3.63, 3.8) is 0 Å². The van der Waals surface area contributed by atoms with E-state index in [0.29, 0.717) is 11.3 Å². The van der Waals surface area contributed by atoms with E-state index in [4.69, 9.17) is 5.26 Å². The van der Waals surface area contributed by atoms with Crippen LogP contribution in [0.1, 0.15) is 33.5 Å². The van der Waals surface area contributed by atoms with Crippen LogP contribution >= 0.6 is 0 Å². The Labute approximate surface area is 117 Å². The zero-order valence-electron chi connectivity index (χ0n) is 11.7. The van der Waals surface area contributed by atoms with Crippen molar-refractivity contribution in [2.24, 2.45) is 0 Å². The molecule has 1 aromatic heterocycles. The van der Waals surface area contributed by atoms with Gasteiger partial charge in [-0.05, 0) is 43.5 Å². The molecule has 1 aromatic carbocycles. The number of aromatic amines is 1. The van der Waals surface area contributed by atoms with Gasteiger partial charge >= 0.3 is 0 Å². The van der Waals surface area contributed by atoms with Crippen molar-refractivity contribution in [3.05, 3.63) is 62.1 Å². The highest BCUT2D eigenvalue weighted by molar-refractivity contribution is 5.71. The van der Waals surface area contributed by atoms with Crippen molar-refractivity contribution >= 4 is 12.2 Å². The molecule has 20 heavy (non-hydrogen) atoms. The number of nitriles is 1. The second kappa shape index (κ2) is 5.54. The summed E-state index contributed by atoms with van der Waals surface area (Å²) in [6.07, 6.45) is 3.75. The summed E-state index contributed by atoms with van der Waals surface area (Å²) in [7, 11) is 0. The Morgan fingerprint density at radius 3 is 2.70 bits per heavy atom. The minimum atomic E-state index is -0.450. The number of aryl methyl sites for hydroxylation is 2. The van der Waals surface area contributed by atoms with Crippen LogP contribution in [0.2, 0.25) is 0 Å². The third-order valence-corrected chi connectivity index (χ3v) is 3.23. The topological polar surface area (TPSA) is 69.5 Å². The smallest absolute Gasteiger partial charge is 0.267 e. The number of aromatic nitrogens is 2. The van der Waals surface area contributed by atoms with E-state index >= 15 is 0 Å². The number of rotatable bonds is 2. The molecule has 2 rings (SSSR count). The van der Waals surface area contributed by atoms with Crippen molar-refractivity contribution in [2.45, 2.75) is 20.8 Å². The number of hydrogen-bond acceptors (Lipinski definition) is 3. The van der Waals surface area contributed by atoms with Gasteiger partial charge in [-0.3, -0.25) is 4.79 Å². The van der Waals surface area contributed by atoms with Crippen LogP contribution in [0.4, 0.5) is 0 Å². The van der Waals surface area contributed by atoms with Gasteiger partial charge in [0.1, 0.15) is 11.6 Å². The molecule has 1 N–H and O–H groups in total. The fourth-order valence-electron chi connectivity index (χ4n) is 1.95. The van der Waals surface area contributed by atoms with E-state index in [9.17, 15) is 4.79 Å². The fraction of sp³-hybridized carbons (Fsp3) is 0.188. The molecule has 0 bridgehead atoms. The van der Waals surface area contributed by atoms with Crippen molar-refractivity contribution < 1.29 is 0 Å². The summed E-state index contributed by atoms with van der Waals surface area (Å²) in [5, 5.41) is 15.3. The Morgan fingerprint density at radius 2 is 2.00 bits per heavy atom. The Hall–Kier alpha value is -2.67. The van der Waals surface area contributed by atoms with Gasteiger partial charge in [-0.25, -0.2) is 5.10 Å². The van der Waals surface area contributed by atoms with E-state index in [0.717, 1.165) is 11.1 Å². The van der Waals surface area contributed by atoms with Gasteiger partial charge in [0.25, 0.3) is 5.56 Å². The maximum absolute atomic E-state index is 11.4. The molecular formula is C16H15N3O. The molecule has 2 aromatic rings. The summed E-state index contributed by atoms with van der Waals surface area (Å²) in [4.78, 5) is 11.4. The van der Waals surface area contributed by atoms with Crippen LogP contribution in [0, 0.1) is 32.1 Å². The lowest BCUT2D eigenvalue weighted by Crippen LogP contribution is -2.15. The van der Waals surface area contributed by atoms with E-state index in [1.54, 1.807) is 6.92 Å². The minimum absolute atomic E-state index is 0.112. The quantitative estimate of drug-likeness (QED) is 0.907. The summed E-state index contributed by atoms with van der Waals surface area (Å²) in [6.45, 7) is 5.80. The van der Waals surface area contributed by atoms with Crippen LogP contribution in [-0.4, -0.2) is 10.2 Å². The first-order valence-corrected chi connectivity index (χ1v) is 6.27. The Balaban J connectivity index is 2.45. The molecule has 100 valence electrons. The summed E-state index contributed by atoms with van der Waals surface area (Å²) >= 11 is 0. The molecular weight excluding hydrogens is 250 g/mol. The molecule has 0 aliphatic carbocycles. The second-order valence-electron chi connectivity index (χ2n) is 4.74. The number of benzene rings is 1. The molecule has 4 nitrogen and oxygen atoms in total. The highest BCUT2D eigenvalue weighted by atomic mass is 16.1. The summed E-state index contributed by atoms with van der Waals surface area (Å²) in [5.74, 6) is 0. The lowest BCUT2D eigenvalue weighted by atomic mass is 10.0. The summed E-state index contributed by atoms with van der Waals surface area (Å²) in [6, 6.07) is 8.10. The molecule has 0 saturated carbocycles. The van der Waals surface area contributed by atoms with E-state index in [2.05, 4.69) is 28.4 Å². The number of hydrogen-bond donors (Lipinski definition) is 1. The van der Waals surface area contributed by atoms with E-state index in [1.807, 2.05) is 32.1 Å². The van der Waals surface area contributed by atoms with Crippen LogP contribution in [0.15, 0.2) is 23.0 Å². The predicted octanol–water partition coefficient (Wildman–Crippen LogP) is 2.74. The maximum Gasteiger partial charge on any atom is 0.282 e. The minimum Gasteiger partial charge on any atom is -0.267 e. The number of H-pyrrole nitrogens is 1. The van der Waals surface area contributed by atoms with Crippen molar-refractivity contribution in [1.82, 2.24) is 10.2 Å². The molecule has 0 unspecified atom stereocenters. The average Bonchev–Trinajstić information content (AvgIpc) is 2.42. The Bertz CT molecular complexity index is 779. The fourth-order valence-corrected chi connectivity index (χ4v) is 1.95. The predicted molar refractivity (Wildman–Crippen MR) is 79.2 cm³/mol. The van der Waals surface area contributed by atoms with Crippen LogP contribution in [0.3, 0.4) is 0 Å². The standard InChI is InChI=1S/C16H15N3O/c1-10-4-5-11(2)13(8-10)6-7-15-12(3)14(9-17)16(20)19-18-15/h4-8H,1-3H3,(H,19,20)/b7-6+. The highest BCUT2D eigenvalue weighted by Gasteiger charge is 2.07. The Morgan fingerprint density at radius 1 is 1.25 bits per heavy atom. The number of nitrogens with zero attached hydrogens (tertiary/aromatic N) is 2. The zero-order chi connectivity index (χ0) is 14.7. The first-order chi connectivity index (χ1) is 9.52. The largest absolute Gasteiger partial charge is 0.282 e. The van der Waals surface area contributed by atoms with Crippen LogP contribution in [0.5, 0.6) is 0 Å². The lowest BCUT2D eigenvalue weighted by molar-refractivity contribution is 0.952. The monoisotopic (exact) mass is 265 g/mol. The van der Waals surface area contributed by atoms with Crippen LogP contribution in [0.25, 0.3) is 12.2 Å². The maximum atomic E-state index is 11.4. The molecule has 0 aliphatic rings. The second-order valence-corrected chi connectivity index (χ2v) is 4.74. The molecule has 0 amide bonds. The van der Waals surface area contributed by atoms with Gasteiger partial charge in [-0.15, -0.1) is 0 Å². The third-order valence-electron chi connectivity index (χ3n) is 3.23. The number of nitrogens with one attached hydrogen (secondary N) is 1. The summed E-state index contributed by atoms with van der Waals surface area (Å²) < 4.78 is 0. The highest BCUT2D eigenvalue weighted by Crippen LogP contribution is 2.15. The van der Waals surface area contributed by atoms with Gasteiger partial charge in [0.15, 0.2) is 0 Å². The molecule has 1 heterocycles. The van der Waals surface area contributed by atoms with Crippen molar-refractivity contribution in [1.29, 1.82) is 5.26 Å². The van der Waals surface area contributed by atoms with Gasteiger partial charge in [-0.1, -0.05) is 29.8 Å².